The predicted octanol–water partition coefficient (Wildman–Crippen LogP) is 2.93. The van der Waals surface area contributed by atoms with Gasteiger partial charge in [-0.15, -0.1) is 12.4 Å². The van der Waals surface area contributed by atoms with E-state index in [1.807, 2.05) is 36.4 Å². The van der Waals surface area contributed by atoms with E-state index in [1.54, 1.807) is 12.1 Å². The normalized spacial score (nSPS) is 9.62. The quantitative estimate of drug-likeness (QED) is 0.863. The summed E-state index contributed by atoms with van der Waals surface area (Å²) in [7, 11) is 1.36. The first-order valence-corrected chi connectivity index (χ1v) is 6.32. The lowest BCUT2D eigenvalue weighted by molar-refractivity contribution is 0.0600. The Kier molecular flexibility index (Phi) is 6.72. The molecule has 2 N–H and O–H groups in total. The van der Waals surface area contributed by atoms with Gasteiger partial charge in [0.15, 0.2) is 0 Å². The van der Waals surface area contributed by atoms with Crippen LogP contribution in [0.5, 0.6) is 5.75 Å². The van der Waals surface area contributed by atoms with Gasteiger partial charge in [0, 0.05) is 12.1 Å². The van der Waals surface area contributed by atoms with Gasteiger partial charge in [0.05, 0.1) is 12.7 Å². The van der Waals surface area contributed by atoms with Gasteiger partial charge in [-0.1, -0.05) is 30.3 Å². The van der Waals surface area contributed by atoms with Gasteiger partial charge in [0.1, 0.15) is 12.4 Å². The van der Waals surface area contributed by atoms with Gasteiger partial charge in [-0.05, 0) is 23.8 Å². The predicted molar refractivity (Wildman–Crippen MR) is 83.7 cm³/mol. The third-order valence-corrected chi connectivity index (χ3v) is 2.96. The molecular weight excluding hydrogens is 290 g/mol. The number of methoxy groups -OCH3 is 1. The molecule has 0 saturated carbocycles. The molecule has 21 heavy (non-hydrogen) atoms. The number of nitrogens with two attached hydrogens (primary N) is 1. The molecule has 0 unspecified atom stereocenters. The lowest BCUT2D eigenvalue weighted by Gasteiger charge is -2.10. The molecule has 112 valence electrons. The molecule has 5 heteroatoms. The molecule has 0 aliphatic rings. The third-order valence-electron chi connectivity index (χ3n) is 2.96. The Balaban J connectivity index is 0.00000220. The van der Waals surface area contributed by atoms with Crippen molar-refractivity contribution in [3.05, 3.63) is 65.2 Å². The van der Waals surface area contributed by atoms with Crippen LogP contribution in [0.1, 0.15) is 21.5 Å². The molecule has 0 aliphatic heterocycles. The van der Waals surface area contributed by atoms with Crippen LogP contribution < -0.4 is 10.5 Å². The van der Waals surface area contributed by atoms with Crippen LogP contribution in [0.3, 0.4) is 0 Å². The van der Waals surface area contributed by atoms with E-state index in [2.05, 4.69) is 4.74 Å². The third kappa shape index (κ3) is 4.48. The first kappa shape index (κ1) is 17.0. The maximum atomic E-state index is 11.3. The number of benzene rings is 2. The summed E-state index contributed by atoms with van der Waals surface area (Å²) < 4.78 is 10.4. The van der Waals surface area contributed by atoms with Crippen molar-refractivity contribution < 1.29 is 14.3 Å². The molecule has 0 spiro atoms. The summed E-state index contributed by atoms with van der Waals surface area (Å²) in [6, 6.07) is 14.8. The highest BCUT2D eigenvalue weighted by atomic mass is 35.5. The Morgan fingerprint density at radius 3 is 2.38 bits per heavy atom. The molecule has 0 atom stereocenters. The summed E-state index contributed by atoms with van der Waals surface area (Å²) in [5.41, 5.74) is 8.13. The van der Waals surface area contributed by atoms with Crippen LogP contribution in [-0.4, -0.2) is 13.1 Å². The Bertz CT molecular complexity index is 584. The number of esters is 1. The van der Waals surface area contributed by atoms with Gasteiger partial charge in [0.2, 0.25) is 0 Å². The number of rotatable bonds is 5. The molecule has 2 rings (SSSR count). The maximum absolute atomic E-state index is 11.3. The van der Waals surface area contributed by atoms with E-state index in [4.69, 9.17) is 10.5 Å². The lowest BCUT2D eigenvalue weighted by Crippen LogP contribution is -2.04. The summed E-state index contributed by atoms with van der Waals surface area (Å²) >= 11 is 0. The zero-order valence-electron chi connectivity index (χ0n) is 11.7. The maximum Gasteiger partial charge on any atom is 0.337 e. The SMILES string of the molecule is COC(=O)c1ccc(COc2ccccc2CN)cc1.Cl. The minimum absolute atomic E-state index is 0. The van der Waals surface area contributed by atoms with Gasteiger partial charge in [-0.3, -0.25) is 0 Å². The second-order valence-electron chi connectivity index (χ2n) is 4.29. The van der Waals surface area contributed by atoms with Crippen molar-refractivity contribution in [1.82, 2.24) is 0 Å². The van der Waals surface area contributed by atoms with Crippen LogP contribution >= 0.6 is 12.4 Å². The van der Waals surface area contributed by atoms with Crippen molar-refractivity contribution in [2.75, 3.05) is 7.11 Å². The second kappa shape index (κ2) is 8.29. The van der Waals surface area contributed by atoms with Crippen molar-refractivity contribution in [1.29, 1.82) is 0 Å². The minimum atomic E-state index is -0.342. The van der Waals surface area contributed by atoms with E-state index in [9.17, 15) is 4.79 Å². The second-order valence-corrected chi connectivity index (χ2v) is 4.29. The Hall–Kier alpha value is -2.04. The number of carbonyl (C=O) groups excluding carboxylic acids is 1. The van der Waals surface area contributed by atoms with E-state index >= 15 is 0 Å². The highest BCUT2D eigenvalue weighted by molar-refractivity contribution is 5.89. The van der Waals surface area contributed by atoms with Gasteiger partial charge < -0.3 is 15.2 Å². The van der Waals surface area contributed by atoms with Crippen molar-refractivity contribution in [2.45, 2.75) is 13.2 Å². The van der Waals surface area contributed by atoms with Gasteiger partial charge in [-0.2, -0.15) is 0 Å². The number of ether oxygens (including phenoxy) is 2. The molecule has 0 fully saturated rings. The fraction of sp³-hybridized carbons (Fsp3) is 0.188. The number of hydrogen-bond acceptors (Lipinski definition) is 4. The van der Waals surface area contributed by atoms with Crippen molar-refractivity contribution in [3.8, 4) is 5.75 Å². The number of hydrogen-bond donors (Lipinski definition) is 1. The first-order valence-electron chi connectivity index (χ1n) is 6.32. The summed E-state index contributed by atoms with van der Waals surface area (Å²) in [6.45, 7) is 0.871. The van der Waals surface area contributed by atoms with E-state index in [1.165, 1.54) is 7.11 Å². The molecule has 0 radical (unpaired) electrons. The standard InChI is InChI=1S/C16H17NO3.ClH/c1-19-16(18)13-8-6-12(7-9-13)11-20-15-5-3-2-4-14(15)10-17;/h2-9H,10-11,17H2,1H3;1H. The van der Waals surface area contributed by atoms with Crippen molar-refractivity contribution in [2.24, 2.45) is 5.73 Å². The van der Waals surface area contributed by atoms with Crippen LogP contribution in [0, 0.1) is 0 Å². The molecule has 0 amide bonds. The van der Waals surface area contributed by atoms with Crippen LogP contribution in [0.4, 0.5) is 0 Å². The molecule has 2 aromatic carbocycles. The Labute approximate surface area is 130 Å². The van der Waals surface area contributed by atoms with E-state index in [0.717, 1.165) is 16.9 Å². The number of carbonyl (C=O) groups is 1. The number of halogens is 1. The molecule has 0 saturated heterocycles. The van der Waals surface area contributed by atoms with Crippen LogP contribution in [0.2, 0.25) is 0 Å². The Morgan fingerprint density at radius 1 is 1.10 bits per heavy atom. The van der Waals surface area contributed by atoms with Gasteiger partial charge in [0.25, 0.3) is 0 Å². The van der Waals surface area contributed by atoms with E-state index < -0.39 is 0 Å². The summed E-state index contributed by atoms with van der Waals surface area (Å²) in [5, 5.41) is 0. The summed E-state index contributed by atoms with van der Waals surface area (Å²) in [6.07, 6.45) is 0. The fourth-order valence-electron chi connectivity index (χ4n) is 1.83. The highest BCUT2D eigenvalue weighted by Gasteiger charge is 2.05. The van der Waals surface area contributed by atoms with Gasteiger partial charge in [-0.25, -0.2) is 4.79 Å². The van der Waals surface area contributed by atoms with Crippen LogP contribution in [-0.2, 0) is 17.9 Å². The smallest absolute Gasteiger partial charge is 0.337 e. The lowest BCUT2D eigenvalue weighted by atomic mass is 10.1. The van der Waals surface area contributed by atoms with Crippen LogP contribution in [0.25, 0.3) is 0 Å². The van der Waals surface area contributed by atoms with E-state index in [-0.39, 0.29) is 18.4 Å². The average Bonchev–Trinajstić information content (AvgIpc) is 2.53. The zero-order chi connectivity index (χ0) is 14.4. The van der Waals surface area contributed by atoms with Crippen molar-refractivity contribution in [3.63, 3.8) is 0 Å². The zero-order valence-corrected chi connectivity index (χ0v) is 12.6. The number of para-hydroxylation sites is 1. The monoisotopic (exact) mass is 307 g/mol. The molecule has 2 aromatic rings. The van der Waals surface area contributed by atoms with Crippen LogP contribution in [0.15, 0.2) is 48.5 Å². The fourth-order valence-corrected chi connectivity index (χ4v) is 1.83. The highest BCUT2D eigenvalue weighted by Crippen LogP contribution is 2.18. The Morgan fingerprint density at radius 2 is 1.76 bits per heavy atom. The largest absolute Gasteiger partial charge is 0.489 e. The molecule has 0 aliphatic carbocycles. The first-order chi connectivity index (χ1) is 9.74. The van der Waals surface area contributed by atoms with Gasteiger partial charge >= 0.3 is 5.97 Å². The molecule has 0 heterocycles. The molecular formula is C16H18ClNO3. The van der Waals surface area contributed by atoms with Crippen molar-refractivity contribution >= 4 is 18.4 Å². The van der Waals surface area contributed by atoms with E-state index in [0.29, 0.717) is 18.7 Å². The average molecular weight is 308 g/mol. The minimum Gasteiger partial charge on any atom is -0.489 e. The summed E-state index contributed by atoms with van der Waals surface area (Å²) in [5.74, 6) is 0.443. The molecule has 0 aromatic heterocycles. The molecule has 4 nitrogen and oxygen atoms in total. The molecule has 0 bridgehead atoms. The summed E-state index contributed by atoms with van der Waals surface area (Å²) in [4.78, 5) is 11.3. The topological polar surface area (TPSA) is 61.5 Å².